The highest BCUT2D eigenvalue weighted by molar-refractivity contribution is 7.12. The zero-order chi connectivity index (χ0) is 15.6. The molecule has 0 aliphatic heterocycles. The van der Waals surface area contributed by atoms with Crippen LogP contribution < -0.4 is 5.32 Å². The number of nitrogens with zero attached hydrogens (tertiary/aromatic N) is 1. The lowest BCUT2D eigenvalue weighted by Crippen LogP contribution is -2.19. The second-order valence-electron chi connectivity index (χ2n) is 5.62. The summed E-state index contributed by atoms with van der Waals surface area (Å²) in [6, 6.07) is 6.15. The smallest absolute Gasteiger partial charge is 0.335 e. The summed E-state index contributed by atoms with van der Waals surface area (Å²) >= 11 is 1.27. The number of carbonyl (C=O) groups is 2. The number of carbonyl (C=O) groups excluding carboxylic acids is 1. The zero-order valence-electron chi connectivity index (χ0n) is 12.0. The number of aromatic nitrogens is 1. The Balaban J connectivity index is 2.25. The van der Waals surface area contributed by atoms with Gasteiger partial charge in [-0.15, -0.1) is 11.3 Å². The van der Waals surface area contributed by atoms with Gasteiger partial charge in [-0.3, -0.25) is 4.79 Å². The first-order valence-electron chi connectivity index (χ1n) is 6.37. The number of thiazole rings is 1. The van der Waals surface area contributed by atoms with Gasteiger partial charge in [-0.1, -0.05) is 26.8 Å². The van der Waals surface area contributed by atoms with Crippen LogP contribution in [0.25, 0.3) is 0 Å². The Kier molecular flexibility index (Phi) is 4.09. The Morgan fingerprint density at radius 2 is 2.00 bits per heavy atom. The average Bonchev–Trinajstić information content (AvgIpc) is 2.88. The Hall–Kier alpha value is -2.21. The number of hydrogen-bond donors (Lipinski definition) is 2. The molecule has 0 saturated carbocycles. The Morgan fingerprint density at radius 1 is 1.29 bits per heavy atom. The zero-order valence-corrected chi connectivity index (χ0v) is 12.8. The minimum Gasteiger partial charge on any atom is -0.478 e. The molecule has 0 aliphatic rings. The van der Waals surface area contributed by atoms with Crippen molar-refractivity contribution < 1.29 is 14.7 Å². The third-order valence-electron chi connectivity index (χ3n) is 2.85. The van der Waals surface area contributed by atoms with Gasteiger partial charge in [0.15, 0.2) is 0 Å². The fourth-order valence-electron chi connectivity index (χ4n) is 1.86. The molecule has 0 fully saturated rings. The average molecular weight is 304 g/mol. The van der Waals surface area contributed by atoms with Crippen molar-refractivity contribution in [1.82, 2.24) is 4.98 Å². The van der Waals surface area contributed by atoms with Crippen LogP contribution in [0.15, 0.2) is 29.8 Å². The summed E-state index contributed by atoms with van der Waals surface area (Å²) in [6.07, 6.45) is 0. The highest BCUT2D eigenvalue weighted by Gasteiger charge is 2.25. The van der Waals surface area contributed by atoms with Crippen LogP contribution in [0, 0.1) is 0 Å². The number of amides is 1. The third-order valence-corrected chi connectivity index (χ3v) is 3.68. The molecule has 1 aromatic heterocycles. The molecule has 1 heterocycles. The maximum absolute atomic E-state index is 12.3. The fraction of sp³-hybridized carbons (Fsp3) is 0.267. The summed E-state index contributed by atoms with van der Waals surface area (Å²) in [5, 5.41) is 11.7. The van der Waals surface area contributed by atoms with E-state index in [9.17, 15) is 9.59 Å². The van der Waals surface area contributed by atoms with Crippen molar-refractivity contribution >= 4 is 28.9 Å². The number of carboxylic acid groups (broad SMARTS) is 1. The lowest BCUT2D eigenvalue weighted by atomic mass is 9.91. The topological polar surface area (TPSA) is 79.3 Å². The molecule has 1 aromatic carbocycles. The van der Waals surface area contributed by atoms with Gasteiger partial charge in [-0.2, -0.15) is 0 Å². The molecule has 5 nitrogen and oxygen atoms in total. The quantitative estimate of drug-likeness (QED) is 0.911. The molecule has 0 aliphatic carbocycles. The summed E-state index contributed by atoms with van der Waals surface area (Å²) in [4.78, 5) is 28.1. The van der Waals surface area contributed by atoms with Crippen molar-refractivity contribution in [2.45, 2.75) is 26.2 Å². The summed E-state index contributed by atoms with van der Waals surface area (Å²) in [5.74, 6) is -1.30. The van der Waals surface area contributed by atoms with Gasteiger partial charge < -0.3 is 10.4 Å². The van der Waals surface area contributed by atoms with Gasteiger partial charge in [0.2, 0.25) is 0 Å². The van der Waals surface area contributed by atoms with E-state index in [1.807, 2.05) is 20.8 Å². The standard InChI is InChI=1S/C15H16N2O3S/c1-15(2,3)12-11(21-8-16-12)13(18)17-10-6-4-5-9(7-10)14(19)20/h4-8H,1-3H3,(H,17,18)(H,19,20). The number of anilines is 1. The highest BCUT2D eigenvalue weighted by Crippen LogP contribution is 2.27. The SMILES string of the molecule is CC(C)(C)c1ncsc1C(=O)Nc1cccc(C(=O)O)c1. The fourth-order valence-corrected chi connectivity index (χ4v) is 2.75. The summed E-state index contributed by atoms with van der Waals surface area (Å²) in [5.41, 5.74) is 2.74. The summed E-state index contributed by atoms with van der Waals surface area (Å²) in [6.45, 7) is 5.97. The normalized spacial score (nSPS) is 11.2. The molecule has 0 radical (unpaired) electrons. The lowest BCUT2D eigenvalue weighted by molar-refractivity contribution is 0.0696. The van der Waals surface area contributed by atoms with Gasteiger partial charge in [0.05, 0.1) is 16.8 Å². The van der Waals surface area contributed by atoms with Crippen LogP contribution in [-0.4, -0.2) is 22.0 Å². The molecule has 6 heteroatoms. The number of aromatic carboxylic acids is 1. The monoisotopic (exact) mass is 304 g/mol. The van der Waals surface area contributed by atoms with Crippen molar-refractivity contribution in [3.8, 4) is 0 Å². The molecule has 2 rings (SSSR count). The molecule has 2 aromatic rings. The largest absolute Gasteiger partial charge is 0.478 e. The lowest BCUT2D eigenvalue weighted by Gasteiger charge is -2.17. The van der Waals surface area contributed by atoms with Crippen LogP contribution in [0.3, 0.4) is 0 Å². The van der Waals surface area contributed by atoms with Crippen molar-refractivity contribution in [3.05, 3.63) is 45.9 Å². The first-order valence-corrected chi connectivity index (χ1v) is 7.25. The van der Waals surface area contributed by atoms with E-state index in [2.05, 4.69) is 10.3 Å². The number of benzene rings is 1. The maximum Gasteiger partial charge on any atom is 0.335 e. The van der Waals surface area contributed by atoms with Gasteiger partial charge in [0.1, 0.15) is 4.88 Å². The molecule has 2 N–H and O–H groups in total. The first kappa shape index (κ1) is 15.2. The maximum atomic E-state index is 12.3. The minimum absolute atomic E-state index is 0.133. The van der Waals surface area contributed by atoms with Crippen LogP contribution in [0.1, 0.15) is 46.5 Å². The van der Waals surface area contributed by atoms with Crippen molar-refractivity contribution in [2.24, 2.45) is 0 Å². The number of hydrogen-bond acceptors (Lipinski definition) is 4. The van der Waals surface area contributed by atoms with Crippen LogP contribution in [0.4, 0.5) is 5.69 Å². The van der Waals surface area contributed by atoms with Crippen molar-refractivity contribution in [1.29, 1.82) is 0 Å². The van der Waals surface area contributed by atoms with E-state index >= 15 is 0 Å². The van der Waals surface area contributed by atoms with E-state index in [1.54, 1.807) is 17.6 Å². The number of nitrogens with one attached hydrogen (secondary N) is 1. The third kappa shape index (κ3) is 3.46. The molecular formula is C15H16N2O3S. The van der Waals surface area contributed by atoms with E-state index in [1.165, 1.54) is 23.5 Å². The van der Waals surface area contributed by atoms with Crippen LogP contribution in [-0.2, 0) is 5.41 Å². The molecule has 0 saturated heterocycles. The molecule has 0 bridgehead atoms. The van der Waals surface area contributed by atoms with E-state index < -0.39 is 5.97 Å². The van der Waals surface area contributed by atoms with Gasteiger partial charge in [0, 0.05) is 11.1 Å². The second-order valence-corrected chi connectivity index (χ2v) is 6.47. The number of rotatable bonds is 3. The van der Waals surface area contributed by atoms with Gasteiger partial charge in [-0.05, 0) is 18.2 Å². The molecule has 1 amide bonds. The van der Waals surface area contributed by atoms with E-state index in [4.69, 9.17) is 5.11 Å². The second kappa shape index (κ2) is 5.65. The molecular weight excluding hydrogens is 288 g/mol. The number of carboxylic acids is 1. The predicted molar refractivity (Wildman–Crippen MR) is 82.2 cm³/mol. The van der Waals surface area contributed by atoms with Crippen LogP contribution in [0.2, 0.25) is 0 Å². The minimum atomic E-state index is -1.03. The summed E-state index contributed by atoms with van der Waals surface area (Å²) in [7, 11) is 0. The molecule has 0 unspecified atom stereocenters. The predicted octanol–water partition coefficient (Wildman–Crippen LogP) is 3.39. The van der Waals surface area contributed by atoms with E-state index in [0.717, 1.165) is 5.69 Å². The van der Waals surface area contributed by atoms with Crippen molar-refractivity contribution in [2.75, 3.05) is 5.32 Å². The molecule has 0 spiro atoms. The molecule has 110 valence electrons. The van der Waals surface area contributed by atoms with Crippen LogP contribution >= 0.6 is 11.3 Å². The molecule has 0 atom stereocenters. The van der Waals surface area contributed by atoms with Gasteiger partial charge in [0.25, 0.3) is 5.91 Å². The Labute approximate surface area is 126 Å². The van der Waals surface area contributed by atoms with Gasteiger partial charge >= 0.3 is 5.97 Å². The Bertz CT molecular complexity index is 686. The van der Waals surface area contributed by atoms with E-state index in [-0.39, 0.29) is 16.9 Å². The van der Waals surface area contributed by atoms with Gasteiger partial charge in [-0.25, -0.2) is 9.78 Å². The van der Waals surface area contributed by atoms with E-state index in [0.29, 0.717) is 10.6 Å². The highest BCUT2D eigenvalue weighted by atomic mass is 32.1. The Morgan fingerprint density at radius 3 is 2.62 bits per heavy atom. The summed E-state index contributed by atoms with van der Waals surface area (Å²) < 4.78 is 0. The van der Waals surface area contributed by atoms with Crippen LogP contribution in [0.5, 0.6) is 0 Å². The van der Waals surface area contributed by atoms with Crippen molar-refractivity contribution in [3.63, 3.8) is 0 Å². The first-order chi connectivity index (χ1) is 9.79. The molecule has 21 heavy (non-hydrogen) atoms.